The normalized spacial score (nSPS) is 20.6. The lowest BCUT2D eigenvalue weighted by Gasteiger charge is -2.45. The average molecular weight is 524 g/mol. The van der Waals surface area contributed by atoms with Gasteiger partial charge in [0.05, 0.1) is 6.10 Å². The number of hydrogen-bond acceptors (Lipinski definition) is 3. The first-order valence-corrected chi connectivity index (χ1v) is 16.9. The summed E-state index contributed by atoms with van der Waals surface area (Å²) in [6.45, 7) is 20.5. The number of rotatable bonds is 6. The Labute approximate surface area is 224 Å². The molecule has 0 aliphatic heterocycles. The van der Waals surface area contributed by atoms with Crippen LogP contribution in [-0.4, -0.2) is 18.4 Å². The van der Waals surface area contributed by atoms with E-state index in [1.165, 1.54) is 23.3 Å². The Morgan fingerprint density at radius 1 is 1.14 bits per heavy atom. The predicted molar refractivity (Wildman–Crippen MR) is 154 cm³/mol. The fourth-order valence-electron chi connectivity index (χ4n) is 5.70. The first-order chi connectivity index (χ1) is 17.1. The summed E-state index contributed by atoms with van der Waals surface area (Å²) in [6, 6.07) is 6.26. The Bertz CT molecular complexity index is 1170. The van der Waals surface area contributed by atoms with Crippen LogP contribution in [0.25, 0.3) is 5.57 Å². The van der Waals surface area contributed by atoms with Crippen molar-refractivity contribution in [2.24, 2.45) is 5.41 Å². The monoisotopic (exact) mass is 523 g/mol. The summed E-state index contributed by atoms with van der Waals surface area (Å²) < 4.78 is 21.0. The van der Waals surface area contributed by atoms with Gasteiger partial charge in [0.25, 0.3) is 0 Å². The SMILES string of the molecule is CC(C)c1nc2c(c(C3=CCCC3)c1C(O)c1ccc(F)cc1)C(O[Si](C)(C)C(C)(C)C)CC(C)(C)C2. The molecule has 2 aliphatic carbocycles. The highest BCUT2D eigenvalue weighted by atomic mass is 28.4. The van der Waals surface area contributed by atoms with Crippen LogP contribution in [0.15, 0.2) is 30.3 Å². The lowest BCUT2D eigenvalue weighted by molar-refractivity contribution is 0.105. The highest BCUT2D eigenvalue weighted by Crippen LogP contribution is 2.52. The quantitative estimate of drug-likeness (QED) is 0.384. The maximum Gasteiger partial charge on any atom is 0.192 e. The lowest BCUT2D eigenvalue weighted by atomic mass is 9.71. The summed E-state index contributed by atoms with van der Waals surface area (Å²) in [5, 5.41) is 12.0. The molecule has 2 aromatic rings. The number of nitrogens with zero attached hydrogens (tertiary/aromatic N) is 1. The second-order valence-corrected chi connectivity index (χ2v) is 18.5. The van der Waals surface area contributed by atoms with Crippen LogP contribution in [0, 0.1) is 11.2 Å². The van der Waals surface area contributed by atoms with Gasteiger partial charge in [0.1, 0.15) is 11.9 Å². The zero-order valence-electron chi connectivity index (χ0n) is 24.3. The second-order valence-electron chi connectivity index (χ2n) is 13.8. The molecule has 3 nitrogen and oxygen atoms in total. The number of benzene rings is 1. The van der Waals surface area contributed by atoms with Gasteiger partial charge in [-0.3, -0.25) is 4.98 Å². The molecule has 1 heterocycles. The smallest absolute Gasteiger partial charge is 0.192 e. The van der Waals surface area contributed by atoms with E-state index in [0.717, 1.165) is 54.6 Å². The van der Waals surface area contributed by atoms with Gasteiger partial charge >= 0.3 is 0 Å². The third-order valence-corrected chi connectivity index (χ3v) is 13.2. The van der Waals surface area contributed by atoms with Crippen molar-refractivity contribution < 1.29 is 13.9 Å². The van der Waals surface area contributed by atoms with Gasteiger partial charge in [0.15, 0.2) is 8.32 Å². The third kappa shape index (κ3) is 5.64. The molecule has 0 amide bonds. The number of allylic oxidation sites excluding steroid dienone is 2. The van der Waals surface area contributed by atoms with Crippen molar-refractivity contribution in [3.05, 3.63) is 69.8 Å². The van der Waals surface area contributed by atoms with E-state index in [0.29, 0.717) is 5.56 Å². The van der Waals surface area contributed by atoms with E-state index in [9.17, 15) is 9.50 Å². The predicted octanol–water partition coefficient (Wildman–Crippen LogP) is 9.03. The molecule has 202 valence electrons. The van der Waals surface area contributed by atoms with Crippen molar-refractivity contribution in [3.63, 3.8) is 0 Å². The summed E-state index contributed by atoms with van der Waals surface area (Å²) in [7, 11) is -2.09. The van der Waals surface area contributed by atoms with E-state index in [1.54, 1.807) is 12.1 Å². The highest BCUT2D eigenvalue weighted by molar-refractivity contribution is 6.74. The first kappa shape index (κ1) is 28.2. The Morgan fingerprint density at radius 2 is 1.78 bits per heavy atom. The first-order valence-electron chi connectivity index (χ1n) is 14.0. The molecule has 0 fully saturated rings. The molecule has 1 aromatic carbocycles. The molecular formula is C32H46FNO2Si. The second kappa shape index (κ2) is 10.1. The van der Waals surface area contributed by atoms with E-state index in [1.807, 2.05) is 0 Å². The molecular weight excluding hydrogens is 477 g/mol. The van der Waals surface area contributed by atoms with E-state index >= 15 is 0 Å². The molecule has 1 N–H and O–H groups in total. The van der Waals surface area contributed by atoms with Crippen LogP contribution in [0.5, 0.6) is 0 Å². The number of pyridine rings is 1. The fourth-order valence-corrected chi connectivity index (χ4v) is 6.97. The molecule has 0 saturated heterocycles. The van der Waals surface area contributed by atoms with Gasteiger partial charge in [-0.1, -0.05) is 66.7 Å². The minimum Gasteiger partial charge on any atom is -0.410 e. The summed E-state index contributed by atoms with van der Waals surface area (Å²) in [6.07, 6.45) is 6.40. The molecule has 2 unspecified atom stereocenters. The zero-order valence-corrected chi connectivity index (χ0v) is 25.3. The number of fused-ring (bicyclic) bond motifs is 1. The minimum absolute atomic E-state index is 0.0657. The maximum absolute atomic E-state index is 13.8. The molecule has 0 radical (unpaired) electrons. The standard InChI is InChI=1S/C32H46FNO2Si/c1-20(2)29-28(30(35)22-14-16-23(33)17-15-22)26(21-12-10-11-13-21)27-24(34-29)18-32(6,7)19-25(27)36-37(8,9)31(3,4)5/h12,14-17,20,25,30,35H,10-11,13,18-19H2,1-9H3. The molecule has 0 spiro atoms. The number of aliphatic hydroxyl groups excluding tert-OH is 1. The summed E-state index contributed by atoms with van der Waals surface area (Å²) in [4.78, 5) is 5.32. The van der Waals surface area contributed by atoms with Crippen molar-refractivity contribution in [1.29, 1.82) is 0 Å². The number of aromatic nitrogens is 1. The number of hydrogen-bond donors (Lipinski definition) is 1. The van der Waals surface area contributed by atoms with Gasteiger partial charge in [-0.2, -0.15) is 0 Å². The third-order valence-electron chi connectivity index (χ3n) is 8.70. The topological polar surface area (TPSA) is 42.4 Å². The Morgan fingerprint density at radius 3 is 2.32 bits per heavy atom. The molecule has 2 aliphatic rings. The van der Waals surface area contributed by atoms with Crippen LogP contribution in [0.1, 0.15) is 126 Å². The van der Waals surface area contributed by atoms with Gasteiger partial charge in [0, 0.05) is 22.5 Å². The van der Waals surface area contributed by atoms with Gasteiger partial charge in [-0.15, -0.1) is 0 Å². The van der Waals surface area contributed by atoms with E-state index in [-0.39, 0.29) is 28.3 Å². The molecule has 2 atom stereocenters. The lowest BCUT2D eigenvalue weighted by Crippen LogP contribution is -2.44. The van der Waals surface area contributed by atoms with Crippen molar-refractivity contribution in [2.45, 2.75) is 117 Å². The average Bonchev–Trinajstić information content (AvgIpc) is 3.30. The van der Waals surface area contributed by atoms with E-state index < -0.39 is 14.4 Å². The number of halogens is 1. The van der Waals surface area contributed by atoms with E-state index in [2.05, 4.69) is 67.6 Å². The molecule has 5 heteroatoms. The molecule has 0 saturated carbocycles. The highest BCUT2D eigenvalue weighted by Gasteiger charge is 2.45. The van der Waals surface area contributed by atoms with Crippen molar-refractivity contribution in [2.75, 3.05) is 0 Å². The summed E-state index contributed by atoms with van der Waals surface area (Å²) in [5.74, 6) is -0.159. The zero-order chi connectivity index (χ0) is 27.3. The Kier molecular flexibility index (Phi) is 7.66. The molecule has 37 heavy (non-hydrogen) atoms. The van der Waals surface area contributed by atoms with Gasteiger partial charge in [-0.05, 0) is 90.4 Å². The molecule has 0 bridgehead atoms. The fraction of sp³-hybridized carbons (Fsp3) is 0.594. The van der Waals surface area contributed by atoms with Gasteiger partial charge < -0.3 is 9.53 Å². The Hall–Kier alpha value is -1.82. The van der Waals surface area contributed by atoms with Crippen molar-refractivity contribution in [1.82, 2.24) is 4.98 Å². The van der Waals surface area contributed by atoms with E-state index in [4.69, 9.17) is 9.41 Å². The maximum atomic E-state index is 13.8. The van der Waals surface area contributed by atoms with Crippen LogP contribution in [0.2, 0.25) is 18.1 Å². The van der Waals surface area contributed by atoms with Crippen LogP contribution in [-0.2, 0) is 10.8 Å². The van der Waals surface area contributed by atoms with Crippen LogP contribution in [0.4, 0.5) is 4.39 Å². The Balaban J connectivity index is 2.02. The van der Waals surface area contributed by atoms with Crippen LogP contribution >= 0.6 is 0 Å². The number of aliphatic hydroxyl groups is 1. The molecule has 4 rings (SSSR count). The minimum atomic E-state index is -2.09. The van der Waals surface area contributed by atoms with Gasteiger partial charge in [0.2, 0.25) is 0 Å². The van der Waals surface area contributed by atoms with Crippen molar-refractivity contribution in [3.8, 4) is 0 Å². The summed E-state index contributed by atoms with van der Waals surface area (Å²) in [5.41, 5.74) is 7.38. The van der Waals surface area contributed by atoms with Crippen LogP contribution < -0.4 is 0 Å². The van der Waals surface area contributed by atoms with Crippen LogP contribution in [0.3, 0.4) is 0 Å². The molecule has 1 aromatic heterocycles. The summed E-state index contributed by atoms with van der Waals surface area (Å²) >= 11 is 0. The van der Waals surface area contributed by atoms with Crippen molar-refractivity contribution >= 4 is 13.9 Å². The largest absolute Gasteiger partial charge is 0.410 e. The van der Waals surface area contributed by atoms with Gasteiger partial charge in [-0.25, -0.2) is 4.39 Å².